The molecule has 2 N–H and O–H groups in total. The summed E-state index contributed by atoms with van der Waals surface area (Å²) in [4.78, 5) is 24.1. The lowest BCUT2D eigenvalue weighted by molar-refractivity contribution is -0.120. The van der Waals surface area contributed by atoms with Crippen molar-refractivity contribution < 1.29 is 9.59 Å². The monoisotopic (exact) mass is 342 g/mol. The zero-order valence-electron chi connectivity index (χ0n) is 13.7. The fourth-order valence-corrected chi connectivity index (χ4v) is 3.04. The molecule has 0 aliphatic carbocycles. The summed E-state index contributed by atoms with van der Waals surface area (Å²) in [7, 11) is 0. The van der Waals surface area contributed by atoms with Crippen LogP contribution in [0.5, 0.6) is 0 Å². The van der Waals surface area contributed by atoms with Crippen LogP contribution in [0.25, 0.3) is 0 Å². The lowest BCUT2D eigenvalue weighted by Gasteiger charge is -2.07. The Balaban J connectivity index is 1.63. The molecular formula is C19H22N2O2S. The molecule has 0 fully saturated rings. The highest BCUT2D eigenvalue weighted by atomic mass is 32.2. The van der Waals surface area contributed by atoms with Gasteiger partial charge < -0.3 is 10.6 Å². The fourth-order valence-electron chi connectivity index (χ4n) is 2.16. The van der Waals surface area contributed by atoms with Gasteiger partial charge in [0.2, 0.25) is 11.8 Å². The van der Waals surface area contributed by atoms with Crippen molar-refractivity contribution in [3.8, 4) is 0 Å². The molecule has 126 valence electrons. The van der Waals surface area contributed by atoms with E-state index in [9.17, 15) is 9.59 Å². The summed E-state index contributed by atoms with van der Waals surface area (Å²) in [5.41, 5.74) is 1.67. The van der Waals surface area contributed by atoms with E-state index in [1.54, 1.807) is 23.9 Å². The third-order valence-corrected chi connectivity index (χ3v) is 4.39. The first-order chi connectivity index (χ1) is 11.6. The first kappa shape index (κ1) is 18.1. The maximum Gasteiger partial charge on any atom is 0.224 e. The molecule has 0 aromatic heterocycles. The largest absolute Gasteiger partial charge is 0.356 e. The molecule has 24 heavy (non-hydrogen) atoms. The van der Waals surface area contributed by atoms with Crippen LogP contribution >= 0.6 is 11.8 Å². The molecule has 0 radical (unpaired) electrons. The molecule has 2 amide bonds. The van der Waals surface area contributed by atoms with E-state index in [2.05, 4.69) is 22.8 Å². The lowest BCUT2D eigenvalue weighted by atomic mass is 10.1. The molecule has 0 aliphatic rings. The van der Waals surface area contributed by atoms with Crippen LogP contribution in [-0.4, -0.2) is 24.1 Å². The topological polar surface area (TPSA) is 58.2 Å². The first-order valence-electron chi connectivity index (χ1n) is 7.94. The molecule has 5 heteroatoms. The summed E-state index contributed by atoms with van der Waals surface area (Å²) in [6.45, 7) is 2.15. The summed E-state index contributed by atoms with van der Waals surface area (Å²) < 4.78 is 0. The highest BCUT2D eigenvalue weighted by Crippen LogP contribution is 2.17. The molecule has 0 atom stereocenters. The van der Waals surface area contributed by atoms with Crippen molar-refractivity contribution in [1.82, 2.24) is 5.32 Å². The van der Waals surface area contributed by atoms with Crippen LogP contribution in [0.4, 0.5) is 5.69 Å². The Morgan fingerprint density at radius 3 is 2.38 bits per heavy atom. The van der Waals surface area contributed by atoms with Crippen molar-refractivity contribution in [2.24, 2.45) is 0 Å². The Labute approximate surface area is 147 Å². The number of anilines is 1. The van der Waals surface area contributed by atoms with E-state index in [0.717, 1.165) is 23.4 Å². The van der Waals surface area contributed by atoms with Crippen LogP contribution in [-0.2, 0) is 16.0 Å². The van der Waals surface area contributed by atoms with Gasteiger partial charge in [-0.3, -0.25) is 9.59 Å². The number of hydrogen-bond acceptors (Lipinski definition) is 3. The predicted molar refractivity (Wildman–Crippen MR) is 99.2 cm³/mol. The maximum atomic E-state index is 11.9. The van der Waals surface area contributed by atoms with Crippen LogP contribution in [0.3, 0.4) is 0 Å². The van der Waals surface area contributed by atoms with Crippen LogP contribution in [0, 0.1) is 0 Å². The summed E-state index contributed by atoms with van der Waals surface area (Å²) in [6.07, 6.45) is 1.29. The van der Waals surface area contributed by atoms with Gasteiger partial charge in [0, 0.05) is 24.1 Å². The van der Waals surface area contributed by atoms with Crippen molar-refractivity contribution in [2.75, 3.05) is 17.6 Å². The molecule has 0 bridgehead atoms. The molecule has 2 aromatic carbocycles. The third-order valence-electron chi connectivity index (χ3n) is 3.29. The second-order valence-electron chi connectivity index (χ2n) is 5.42. The Bertz CT molecular complexity index is 657. The number of hydrogen-bond donors (Lipinski definition) is 2. The van der Waals surface area contributed by atoms with Gasteiger partial charge in [-0.05, 0) is 42.0 Å². The quantitative estimate of drug-likeness (QED) is 0.570. The lowest BCUT2D eigenvalue weighted by Crippen LogP contribution is -2.26. The van der Waals surface area contributed by atoms with E-state index < -0.39 is 0 Å². The SMILES string of the molecule is CC(=O)Nc1ccc(CC(=O)NCCCSc2ccccc2)cc1. The van der Waals surface area contributed by atoms with Crippen molar-refractivity contribution in [3.63, 3.8) is 0 Å². The highest BCUT2D eigenvalue weighted by molar-refractivity contribution is 7.99. The number of rotatable bonds is 8. The number of thioether (sulfide) groups is 1. The predicted octanol–water partition coefficient (Wildman–Crippen LogP) is 3.49. The number of carbonyl (C=O) groups is 2. The molecule has 0 saturated heterocycles. The van der Waals surface area contributed by atoms with Gasteiger partial charge in [-0.2, -0.15) is 0 Å². The zero-order valence-corrected chi connectivity index (χ0v) is 14.6. The van der Waals surface area contributed by atoms with Gasteiger partial charge in [0.05, 0.1) is 6.42 Å². The summed E-state index contributed by atoms with van der Waals surface area (Å²) in [5.74, 6) is 0.899. The van der Waals surface area contributed by atoms with Crippen LogP contribution in [0.1, 0.15) is 18.9 Å². The Morgan fingerprint density at radius 1 is 1.00 bits per heavy atom. The molecule has 2 rings (SSSR count). The van der Waals surface area contributed by atoms with Gasteiger partial charge in [0.15, 0.2) is 0 Å². The van der Waals surface area contributed by atoms with Gasteiger partial charge in [0.1, 0.15) is 0 Å². The van der Waals surface area contributed by atoms with Crippen LogP contribution < -0.4 is 10.6 Å². The van der Waals surface area contributed by atoms with E-state index in [-0.39, 0.29) is 11.8 Å². The Hall–Kier alpha value is -2.27. The summed E-state index contributed by atoms with van der Waals surface area (Å²) >= 11 is 1.80. The number of amides is 2. The summed E-state index contributed by atoms with van der Waals surface area (Å²) in [5, 5.41) is 5.65. The molecule has 2 aromatic rings. The average molecular weight is 342 g/mol. The van der Waals surface area contributed by atoms with E-state index in [4.69, 9.17) is 0 Å². The van der Waals surface area contributed by atoms with E-state index in [1.165, 1.54) is 11.8 Å². The second-order valence-corrected chi connectivity index (χ2v) is 6.59. The minimum Gasteiger partial charge on any atom is -0.356 e. The second kappa shape index (κ2) is 9.78. The molecule has 4 nitrogen and oxygen atoms in total. The zero-order chi connectivity index (χ0) is 17.2. The fraction of sp³-hybridized carbons (Fsp3) is 0.263. The first-order valence-corrected chi connectivity index (χ1v) is 8.93. The van der Waals surface area contributed by atoms with Gasteiger partial charge in [-0.1, -0.05) is 30.3 Å². The van der Waals surface area contributed by atoms with Crippen LogP contribution in [0.2, 0.25) is 0 Å². The average Bonchev–Trinajstić information content (AvgIpc) is 2.57. The highest BCUT2D eigenvalue weighted by Gasteiger charge is 2.03. The Morgan fingerprint density at radius 2 is 1.71 bits per heavy atom. The van der Waals surface area contributed by atoms with Crippen molar-refractivity contribution in [1.29, 1.82) is 0 Å². The van der Waals surface area contributed by atoms with Crippen molar-refractivity contribution in [2.45, 2.75) is 24.7 Å². The summed E-state index contributed by atoms with van der Waals surface area (Å²) in [6, 6.07) is 17.6. The standard InChI is InChI=1S/C19H22N2O2S/c1-15(22)21-17-10-8-16(9-11-17)14-19(23)20-12-5-13-24-18-6-3-2-4-7-18/h2-4,6-11H,5,12-14H2,1H3,(H,20,23)(H,21,22). The molecule has 0 aliphatic heterocycles. The Kier molecular flexibility index (Phi) is 7.36. The number of nitrogens with one attached hydrogen (secondary N) is 2. The minimum atomic E-state index is -0.103. The van der Waals surface area contributed by atoms with Gasteiger partial charge >= 0.3 is 0 Å². The van der Waals surface area contributed by atoms with E-state index in [0.29, 0.717) is 13.0 Å². The van der Waals surface area contributed by atoms with Gasteiger partial charge in [-0.25, -0.2) is 0 Å². The molecular weight excluding hydrogens is 320 g/mol. The van der Waals surface area contributed by atoms with Crippen LogP contribution in [0.15, 0.2) is 59.5 Å². The normalized spacial score (nSPS) is 10.2. The number of carbonyl (C=O) groups excluding carboxylic acids is 2. The van der Waals surface area contributed by atoms with E-state index in [1.807, 2.05) is 30.3 Å². The maximum absolute atomic E-state index is 11.9. The van der Waals surface area contributed by atoms with Gasteiger partial charge in [-0.15, -0.1) is 11.8 Å². The molecule has 0 unspecified atom stereocenters. The van der Waals surface area contributed by atoms with Crippen molar-refractivity contribution in [3.05, 3.63) is 60.2 Å². The van der Waals surface area contributed by atoms with Gasteiger partial charge in [0.25, 0.3) is 0 Å². The number of benzene rings is 2. The smallest absolute Gasteiger partial charge is 0.224 e. The third kappa shape index (κ3) is 6.87. The van der Waals surface area contributed by atoms with E-state index >= 15 is 0 Å². The molecule has 0 saturated carbocycles. The molecule has 0 heterocycles. The van der Waals surface area contributed by atoms with Crippen molar-refractivity contribution >= 4 is 29.3 Å². The minimum absolute atomic E-state index is 0.0204. The molecule has 0 spiro atoms.